The van der Waals surface area contributed by atoms with Crippen molar-refractivity contribution < 1.29 is 4.39 Å². The molecule has 1 atom stereocenters. The molecule has 0 saturated carbocycles. The van der Waals surface area contributed by atoms with E-state index in [4.69, 9.17) is 23.2 Å². The predicted octanol–water partition coefficient (Wildman–Crippen LogP) is 4.67. The van der Waals surface area contributed by atoms with E-state index in [1.54, 1.807) is 31.2 Å². The number of halogens is 3. The molecule has 3 heterocycles. The Labute approximate surface area is 190 Å². The molecule has 0 spiro atoms. The Bertz CT molecular complexity index is 1530. The van der Waals surface area contributed by atoms with Crippen molar-refractivity contribution in [2.45, 2.75) is 13.0 Å². The fourth-order valence-corrected chi connectivity index (χ4v) is 4.12. The van der Waals surface area contributed by atoms with Crippen molar-refractivity contribution >= 4 is 51.1 Å². The third-order valence-corrected chi connectivity index (χ3v) is 5.60. The lowest BCUT2D eigenvalue weighted by molar-refractivity contribution is 0.635. The first-order valence-electron chi connectivity index (χ1n) is 9.52. The summed E-state index contributed by atoms with van der Waals surface area (Å²) in [5, 5.41) is 3.50. The second kappa shape index (κ2) is 7.85. The highest BCUT2D eigenvalue weighted by Crippen LogP contribution is 2.31. The first kappa shape index (κ1) is 20.3. The van der Waals surface area contributed by atoms with Crippen LogP contribution in [-0.4, -0.2) is 29.5 Å². The minimum atomic E-state index is -0.682. The predicted molar refractivity (Wildman–Crippen MR) is 121 cm³/mol. The maximum atomic E-state index is 14.6. The van der Waals surface area contributed by atoms with Gasteiger partial charge in [-0.2, -0.15) is 0 Å². The number of imidazole rings is 1. The van der Waals surface area contributed by atoms with Crippen LogP contribution in [0.5, 0.6) is 0 Å². The molecule has 0 fully saturated rings. The molecule has 0 amide bonds. The van der Waals surface area contributed by atoms with Gasteiger partial charge >= 0.3 is 0 Å². The van der Waals surface area contributed by atoms with Gasteiger partial charge in [0.05, 0.1) is 33.6 Å². The number of para-hydroxylation sites is 1. The SMILES string of the molecule is CC(Nc1ncnc2[nH]cnc12)c1nc2cccc(F)c2c(=O)n1-c1c(Cl)cccc1Cl. The molecule has 1 unspecified atom stereocenters. The van der Waals surface area contributed by atoms with E-state index in [9.17, 15) is 9.18 Å². The second-order valence-electron chi connectivity index (χ2n) is 7.00. The van der Waals surface area contributed by atoms with Crippen molar-refractivity contribution in [2.75, 3.05) is 5.32 Å². The largest absolute Gasteiger partial charge is 0.358 e. The van der Waals surface area contributed by atoms with Gasteiger partial charge in [-0.15, -0.1) is 0 Å². The minimum Gasteiger partial charge on any atom is -0.358 e. The number of nitrogens with zero attached hydrogens (tertiary/aromatic N) is 5. The van der Waals surface area contributed by atoms with Gasteiger partial charge in [0, 0.05) is 0 Å². The molecular formula is C21H14Cl2FN7O. The molecule has 11 heteroatoms. The molecule has 0 aliphatic rings. The zero-order valence-electron chi connectivity index (χ0n) is 16.5. The van der Waals surface area contributed by atoms with Crippen LogP contribution in [0.4, 0.5) is 10.2 Å². The summed E-state index contributed by atoms with van der Waals surface area (Å²) in [6.07, 6.45) is 2.89. The highest BCUT2D eigenvalue weighted by Gasteiger charge is 2.23. The molecule has 2 N–H and O–H groups in total. The van der Waals surface area contributed by atoms with E-state index in [1.807, 2.05) is 0 Å². The van der Waals surface area contributed by atoms with Crippen LogP contribution in [0.25, 0.3) is 27.8 Å². The lowest BCUT2D eigenvalue weighted by Crippen LogP contribution is -2.28. The lowest BCUT2D eigenvalue weighted by Gasteiger charge is -2.21. The number of H-pyrrole nitrogens is 1. The molecular weight excluding hydrogens is 456 g/mol. The first-order valence-corrected chi connectivity index (χ1v) is 10.3. The molecule has 5 rings (SSSR count). The van der Waals surface area contributed by atoms with Gasteiger partial charge in [0.1, 0.15) is 28.9 Å². The van der Waals surface area contributed by atoms with Gasteiger partial charge in [-0.05, 0) is 31.2 Å². The number of hydrogen-bond donors (Lipinski definition) is 2. The molecule has 8 nitrogen and oxygen atoms in total. The fraction of sp³-hybridized carbons (Fsp3) is 0.0952. The number of aromatic amines is 1. The van der Waals surface area contributed by atoms with E-state index in [0.29, 0.717) is 17.0 Å². The molecule has 0 radical (unpaired) electrons. The van der Waals surface area contributed by atoms with E-state index in [0.717, 1.165) is 0 Å². The van der Waals surface area contributed by atoms with Crippen LogP contribution in [0.1, 0.15) is 18.8 Å². The third kappa shape index (κ3) is 3.26. The van der Waals surface area contributed by atoms with Crippen LogP contribution >= 0.6 is 23.2 Å². The Hall–Kier alpha value is -3.56. The summed E-state index contributed by atoms with van der Waals surface area (Å²) >= 11 is 12.8. The zero-order valence-corrected chi connectivity index (χ0v) is 18.0. The standard InChI is InChI=1S/C21H14Cl2FN7O/c1-10(29-19-16-18(26-8-25-16)27-9-28-19)20-30-14-7-3-6-13(24)15(14)21(32)31(20)17-11(22)4-2-5-12(17)23/h2-10H,1H3,(H2,25,26,27,28,29). The Morgan fingerprint density at radius 2 is 1.84 bits per heavy atom. The average molecular weight is 470 g/mol. The van der Waals surface area contributed by atoms with Crippen molar-refractivity contribution in [3.8, 4) is 5.69 Å². The van der Waals surface area contributed by atoms with Crippen molar-refractivity contribution in [3.05, 3.63) is 81.1 Å². The number of benzene rings is 2. The summed E-state index contributed by atoms with van der Waals surface area (Å²) in [5.74, 6) is 0.0256. The van der Waals surface area contributed by atoms with Gasteiger partial charge in [-0.25, -0.2) is 24.3 Å². The van der Waals surface area contributed by atoms with Gasteiger partial charge in [-0.3, -0.25) is 9.36 Å². The van der Waals surface area contributed by atoms with E-state index >= 15 is 0 Å². The average Bonchev–Trinajstić information content (AvgIpc) is 3.24. The van der Waals surface area contributed by atoms with Crippen LogP contribution in [-0.2, 0) is 0 Å². The van der Waals surface area contributed by atoms with Crippen molar-refractivity contribution in [1.82, 2.24) is 29.5 Å². The minimum absolute atomic E-state index is 0.156. The Morgan fingerprint density at radius 3 is 2.62 bits per heavy atom. The molecule has 32 heavy (non-hydrogen) atoms. The van der Waals surface area contributed by atoms with Crippen LogP contribution in [0, 0.1) is 5.82 Å². The van der Waals surface area contributed by atoms with Gasteiger partial charge < -0.3 is 10.3 Å². The quantitative estimate of drug-likeness (QED) is 0.396. The van der Waals surface area contributed by atoms with Gasteiger partial charge in [0.25, 0.3) is 5.56 Å². The molecule has 0 bridgehead atoms. The summed E-state index contributed by atoms with van der Waals surface area (Å²) < 4.78 is 15.8. The summed E-state index contributed by atoms with van der Waals surface area (Å²) in [6.45, 7) is 1.79. The van der Waals surface area contributed by atoms with Gasteiger partial charge in [-0.1, -0.05) is 35.3 Å². The molecule has 0 aliphatic carbocycles. The van der Waals surface area contributed by atoms with Crippen molar-refractivity contribution in [1.29, 1.82) is 0 Å². The summed E-state index contributed by atoms with van der Waals surface area (Å²) in [7, 11) is 0. The Kier molecular flexibility index (Phi) is 4.99. The molecule has 3 aromatic heterocycles. The van der Waals surface area contributed by atoms with Gasteiger partial charge in [0.2, 0.25) is 0 Å². The number of anilines is 1. The van der Waals surface area contributed by atoms with Crippen LogP contribution in [0.2, 0.25) is 10.0 Å². The number of rotatable bonds is 4. The molecule has 160 valence electrons. The van der Waals surface area contributed by atoms with E-state index in [2.05, 4.69) is 30.2 Å². The van der Waals surface area contributed by atoms with Crippen LogP contribution in [0.15, 0.2) is 53.8 Å². The molecule has 0 saturated heterocycles. The zero-order chi connectivity index (χ0) is 22.4. The third-order valence-electron chi connectivity index (χ3n) is 4.99. The van der Waals surface area contributed by atoms with E-state index in [1.165, 1.54) is 29.4 Å². The monoisotopic (exact) mass is 469 g/mol. The molecule has 5 aromatic rings. The topological polar surface area (TPSA) is 101 Å². The number of nitrogens with one attached hydrogen (secondary N) is 2. The first-order chi connectivity index (χ1) is 15.5. The second-order valence-corrected chi connectivity index (χ2v) is 7.82. The van der Waals surface area contributed by atoms with Crippen LogP contribution in [0.3, 0.4) is 0 Å². The van der Waals surface area contributed by atoms with Crippen LogP contribution < -0.4 is 10.9 Å². The Morgan fingerprint density at radius 1 is 1.09 bits per heavy atom. The van der Waals surface area contributed by atoms with Crippen molar-refractivity contribution in [2.24, 2.45) is 0 Å². The van der Waals surface area contributed by atoms with E-state index < -0.39 is 17.4 Å². The summed E-state index contributed by atoms with van der Waals surface area (Å²) in [5.41, 5.74) is 0.880. The molecule has 0 aliphatic heterocycles. The maximum absolute atomic E-state index is 14.6. The number of aromatic nitrogens is 6. The highest BCUT2D eigenvalue weighted by molar-refractivity contribution is 6.37. The fourth-order valence-electron chi connectivity index (χ4n) is 3.56. The highest BCUT2D eigenvalue weighted by atomic mass is 35.5. The van der Waals surface area contributed by atoms with E-state index in [-0.39, 0.29) is 32.5 Å². The smallest absolute Gasteiger partial charge is 0.269 e. The summed E-state index contributed by atoms with van der Waals surface area (Å²) in [4.78, 5) is 33.6. The number of fused-ring (bicyclic) bond motifs is 2. The lowest BCUT2D eigenvalue weighted by atomic mass is 10.2. The van der Waals surface area contributed by atoms with Gasteiger partial charge in [0.15, 0.2) is 11.5 Å². The molecule has 2 aromatic carbocycles. The summed E-state index contributed by atoms with van der Waals surface area (Å²) in [6, 6.07) is 8.56. The maximum Gasteiger partial charge on any atom is 0.269 e. The Balaban J connectivity index is 1.76. The van der Waals surface area contributed by atoms with Crippen molar-refractivity contribution in [3.63, 3.8) is 0 Å². The normalized spacial score (nSPS) is 12.4. The number of hydrogen-bond acceptors (Lipinski definition) is 6.